The second-order valence-electron chi connectivity index (χ2n) is 6.17. The van der Waals surface area contributed by atoms with E-state index >= 15 is 0 Å². The number of nitro benzene ring substituents is 1. The molecule has 1 aromatic carbocycles. The summed E-state index contributed by atoms with van der Waals surface area (Å²) in [5.74, 6) is 0.576. The van der Waals surface area contributed by atoms with E-state index in [2.05, 4.69) is 22.6 Å². The van der Waals surface area contributed by atoms with Crippen LogP contribution in [0.2, 0.25) is 0 Å². The predicted molar refractivity (Wildman–Crippen MR) is 91.8 cm³/mol. The molecule has 1 saturated heterocycles. The standard InChI is InChI=1S/C16H19IN2O3/c17-14-8-7-12(19(21)22)10-13(14)16(20)18-9-3-5-11-4-1-2-6-15(11)18/h7-8,10-11,15H,1-6,9H2. The molecule has 1 heterocycles. The van der Waals surface area contributed by atoms with Crippen LogP contribution >= 0.6 is 22.6 Å². The molecule has 1 amide bonds. The number of piperidine rings is 1. The van der Waals surface area contributed by atoms with Gasteiger partial charge < -0.3 is 4.90 Å². The van der Waals surface area contributed by atoms with Gasteiger partial charge in [-0.2, -0.15) is 0 Å². The highest BCUT2D eigenvalue weighted by atomic mass is 127. The summed E-state index contributed by atoms with van der Waals surface area (Å²) < 4.78 is 0.783. The molecule has 0 radical (unpaired) electrons. The van der Waals surface area contributed by atoms with Crippen molar-refractivity contribution in [2.45, 2.75) is 44.6 Å². The van der Waals surface area contributed by atoms with Gasteiger partial charge in [0.1, 0.15) is 0 Å². The van der Waals surface area contributed by atoms with Gasteiger partial charge in [0.15, 0.2) is 0 Å². The largest absolute Gasteiger partial charge is 0.335 e. The Balaban J connectivity index is 1.89. The number of fused-ring (bicyclic) bond motifs is 1. The number of nitro groups is 1. The quantitative estimate of drug-likeness (QED) is 0.418. The molecule has 0 aromatic heterocycles. The smallest absolute Gasteiger partial charge is 0.270 e. The van der Waals surface area contributed by atoms with Crippen molar-refractivity contribution >= 4 is 34.2 Å². The van der Waals surface area contributed by atoms with E-state index in [0.717, 1.165) is 23.0 Å². The van der Waals surface area contributed by atoms with Crippen LogP contribution in [-0.4, -0.2) is 28.3 Å². The van der Waals surface area contributed by atoms with Gasteiger partial charge in [-0.1, -0.05) is 12.8 Å². The number of amides is 1. The van der Waals surface area contributed by atoms with E-state index in [1.54, 1.807) is 6.07 Å². The molecule has 6 heteroatoms. The maximum Gasteiger partial charge on any atom is 0.270 e. The molecule has 1 aliphatic heterocycles. The van der Waals surface area contributed by atoms with Crippen molar-refractivity contribution in [3.63, 3.8) is 0 Å². The third kappa shape index (κ3) is 2.98. The molecule has 0 spiro atoms. The van der Waals surface area contributed by atoms with E-state index < -0.39 is 4.92 Å². The average molecular weight is 414 g/mol. The first-order valence-electron chi connectivity index (χ1n) is 7.83. The highest BCUT2D eigenvalue weighted by molar-refractivity contribution is 14.1. The summed E-state index contributed by atoms with van der Waals surface area (Å²) in [7, 11) is 0. The zero-order chi connectivity index (χ0) is 15.7. The van der Waals surface area contributed by atoms with Gasteiger partial charge in [0.2, 0.25) is 0 Å². The van der Waals surface area contributed by atoms with Crippen LogP contribution in [0.1, 0.15) is 48.9 Å². The molecular weight excluding hydrogens is 395 g/mol. The van der Waals surface area contributed by atoms with Crippen LogP contribution in [0.25, 0.3) is 0 Å². The Labute approximate surface area is 143 Å². The van der Waals surface area contributed by atoms with Gasteiger partial charge in [-0.15, -0.1) is 0 Å². The summed E-state index contributed by atoms with van der Waals surface area (Å²) in [5.41, 5.74) is 0.460. The first-order chi connectivity index (χ1) is 10.6. The summed E-state index contributed by atoms with van der Waals surface area (Å²) in [6.45, 7) is 0.777. The van der Waals surface area contributed by atoms with E-state index in [9.17, 15) is 14.9 Å². The van der Waals surface area contributed by atoms with Crippen LogP contribution in [0.4, 0.5) is 5.69 Å². The Bertz CT molecular complexity index is 603. The van der Waals surface area contributed by atoms with E-state index in [1.165, 1.54) is 37.8 Å². The summed E-state index contributed by atoms with van der Waals surface area (Å²) in [6, 6.07) is 4.87. The first kappa shape index (κ1) is 15.7. The fourth-order valence-electron chi connectivity index (χ4n) is 3.82. The van der Waals surface area contributed by atoms with Crippen molar-refractivity contribution in [3.8, 4) is 0 Å². The molecular formula is C16H19IN2O3. The van der Waals surface area contributed by atoms with Gasteiger partial charge in [0, 0.05) is 28.3 Å². The molecule has 2 unspecified atom stereocenters. The van der Waals surface area contributed by atoms with Crippen LogP contribution < -0.4 is 0 Å². The normalized spacial score (nSPS) is 24.7. The van der Waals surface area contributed by atoms with Gasteiger partial charge >= 0.3 is 0 Å². The lowest BCUT2D eigenvalue weighted by Gasteiger charge is -2.44. The SMILES string of the molecule is O=C(c1cc([N+](=O)[O-])ccc1I)N1CCCC2CCCCC21. The lowest BCUT2D eigenvalue weighted by Crippen LogP contribution is -2.49. The van der Waals surface area contributed by atoms with E-state index in [0.29, 0.717) is 17.5 Å². The number of rotatable bonds is 2. The summed E-state index contributed by atoms with van der Waals surface area (Å²) in [5, 5.41) is 11.0. The third-order valence-electron chi connectivity index (χ3n) is 4.90. The van der Waals surface area contributed by atoms with Crippen LogP contribution in [0.3, 0.4) is 0 Å². The number of halogens is 1. The second-order valence-corrected chi connectivity index (χ2v) is 7.34. The molecule has 0 bridgehead atoms. The Morgan fingerprint density at radius 1 is 1.23 bits per heavy atom. The molecule has 22 heavy (non-hydrogen) atoms. The number of hydrogen-bond donors (Lipinski definition) is 0. The fourth-order valence-corrected chi connectivity index (χ4v) is 4.39. The lowest BCUT2D eigenvalue weighted by molar-refractivity contribution is -0.384. The monoisotopic (exact) mass is 414 g/mol. The number of hydrogen-bond acceptors (Lipinski definition) is 3. The maximum atomic E-state index is 12.9. The van der Waals surface area contributed by atoms with E-state index in [-0.39, 0.29) is 11.6 Å². The molecule has 1 aliphatic carbocycles. The van der Waals surface area contributed by atoms with Gasteiger partial charge in [-0.05, 0) is 60.3 Å². The number of nitrogens with zero attached hydrogens (tertiary/aromatic N) is 2. The highest BCUT2D eigenvalue weighted by Crippen LogP contribution is 2.36. The molecule has 1 saturated carbocycles. The molecule has 2 fully saturated rings. The van der Waals surface area contributed by atoms with Gasteiger partial charge in [0.25, 0.3) is 11.6 Å². The first-order valence-corrected chi connectivity index (χ1v) is 8.90. The molecule has 1 aromatic rings. The predicted octanol–water partition coefficient (Wildman–Crippen LogP) is 3.99. The molecule has 3 rings (SSSR count). The molecule has 0 N–H and O–H groups in total. The third-order valence-corrected chi connectivity index (χ3v) is 5.84. The maximum absolute atomic E-state index is 12.9. The molecule has 118 valence electrons. The van der Waals surface area contributed by atoms with Crippen molar-refractivity contribution in [1.29, 1.82) is 0 Å². The Morgan fingerprint density at radius 3 is 2.73 bits per heavy atom. The molecule has 2 atom stereocenters. The van der Waals surface area contributed by atoms with E-state index in [4.69, 9.17) is 0 Å². The minimum Gasteiger partial charge on any atom is -0.335 e. The summed E-state index contributed by atoms with van der Waals surface area (Å²) in [4.78, 5) is 25.5. The van der Waals surface area contributed by atoms with Gasteiger partial charge in [-0.3, -0.25) is 14.9 Å². The average Bonchev–Trinajstić information content (AvgIpc) is 2.54. The Morgan fingerprint density at radius 2 is 1.95 bits per heavy atom. The van der Waals surface area contributed by atoms with Crippen LogP contribution in [-0.2, 0) is 0 Å². The van der Waals surface area contributed by atoms with Crippen LogP contribution in [0.15, 0.2) is 18.2 Å². The summed E-state index contributed by atoms with van der Waals surface area (Å²) in [6.07, 6.45) is 6.97. The Hall–Kier alpha value is -1.18. The van der Waals surface area contributed by atoms with Gasteiger partial charge in [0.05, 0.1) is 10.5 Å². The van der Waals surface area contributed by atoms with Gasteiger partial charge in [-0.25, -0.2) is 0 Å². The topological polar surface area (TPSA) is 63.4 Å². The van der Waals surface area contributed by atoms with E-state index in [1.807, 2.05) is 4.90 Å². The highest BCUT2D eigenvalue weighted by Gasteiger charge is 2.36. The molecule has 5 nitrogen and oxygen atoms in total. The minimum absolute atomic E-state index is 0.0130. The van der Waals surface area contributed by atoms with Crippen molar-refractivity contribution in [2.75, 3.05) is 6.54 Å². The lowest BCUT2D eigenvalue weighted by atomic mass is 9.78. The zero-order valence-electron chi connectivity index (χ0n) is 12.3. The van der Waals surface area contributed by atoms with Crippen LogP contribution in [0, 0.1) is 19.6 Å². The van der Waals surface area contributed by atoms with Crippen molar-refractivity contribution < 1.29 is 9.72 Å². The molecule has 2 aliphatic rings. The Kier molecular flexibility index (Phi) is 4.65. The minimum atomic E-state index is -0.438. The number of benzene rings is 1. The van der Waals surface area contributed by atoms with Crippen molar-refractivity contribution in [1.82, 2.24) is 4.90 Å². The zero-order valence-corrected chi connectivity index (χ0v) is 14.5. The fraction of sp³-hybridized carbons (Fsp3) is 0.562. The summed E-state index contributed by atoms with van der Waals surface area (Å²) >= 11 is 2.09. The number of carbonyl (C=O) groups excluding carboxylic acids is 1. The second kappa shape index (κ2) is 6.52. The van der Waals surface area contributed by atoms with Crippen molar-refractivity contribution in [3.05, 3.63) is 37.4 Å². The van der Waals surface area contributed by atoms with Crippen molar-refractivity contribution in [2.24, 2.45) is 5.92 Å². The van der Waals surface area contributed by atoms with Crippen LogP contribution in [0.5, 0.6) is 0 Å². The number of likely N-dealkylation sites (tertiary alicyclic amines) is 1. The number of carbonyl (C=O) groups is 1. The number of non-ortho nitro benzene ring substituents is 1.